The maximum atomic E-state index is 12.4. The maximum absolute atomic E-state index is 12.4. The Kier molecular flexibility index (Phi) is 4.33. The normalized spacial score (nSPS) is 18.0. The highest BCUT2D eigenvalue weighted by molar-refractivity contribution is 5.98. The molecule has 2 rings (SSSR count). The van der Waals surface area contributed by atoms with Gasteiger partial charge in [-0.05, 0) is 13.0 Å². The van der Waals surface area contributed by atoms with Crippen molar-refractivity contribution in [2.75, 3.05) is 19.7 Å². The van der Waals surface area contributed by atoms with Crippen LogP contribution < -0.4 is 5.32 Å². The second kappa shape index (κ2) is 6.17. The standard InChI is InChI=1S/C14H15N3O3/c1-10-13(19)16-4-5-17(10)14(20)12-7-11(3-2-6-18)8-15-9-12/h7-10,18H,4-6H2,1H3,(H,16,19). The number of aliphatic hydroxyl groups is 1. The Morgan fingerprint density at radius 1 is 1.60 bits per heavy atom. The first-order chi connectivity index (χ1) is 9.63. The van der Waals surface area contributed by atoms with Crippen LogP contribution in [0.5, 0.6) is 0 Å². The van der Waals surface area contributed by atoms with Gasteiger partial charge in [0.2, 0.25) is 5.91 Å². The molecule has 104 valence electrons. The summed E-state index contributed by atoms with van der Waals surface area (Å²) in [6.45, 7) is 2.36. The molecule has 0 saturated carbocycles. The average Bonchev–Trinajstić information content (AvgIpc) is 2.47. The summed E-state index contributed by atoms with van der Waals surface area (Å²) in [4.78, 5) is 29.4. The third kappa shape index (κ3) is 2.95. The Morgan fingerprint density at radius 2 is 2.40 bits per heavy atom. The molecule has 1 aromatic heterocycles. The fraction of sp³-hybridized carbons (Fsp3) is 0.357. The van der Waals surface area contributed by atoms with Gasteiger partial charge in [0.15, 0.2) is 0 Å². The fourth-order valence-electron chi connectivity index (χ4n) is 1.99. The maximum Gasteiger partial charge on any atom is 0.256 e. The number of nitrogens with one attached hydrogen (secondary N) is 1. The molecule has 1 aliphatic heterocycles. The molecule has 2 heterocycles. The molecule has 1 unspecified atom stereocenters. The summed E-state index contributed by atoms with van der Waals surface area (Å²) in [6, 6.07) is 1.11. The number of aromatic nitrogens is 1. The molecule has 0 radical (unpaired) electrons. The van der Waals surface area contributed by atoms with E-state index < -0.39 is 6.04 Å². The van der Waals surface area contributed by atoms with E-state index in [0.29, 0.717) is 24.2 Å². The van der Waals surface area contributed by atoms with Crippen LogP contribution in [0.4, 0.5) is 0 Å². The van der Waals surface area contributed by atoms with Crippen molar-refractivity contribution in [3.05, 3.63) is 29.6 Å². The molecule has 0 spiro atoms. The lowest BCUT2D eigenvalue weighted by molar-refractivity contribution is -0.127. The molecule has 2 amide bonds. The Labute approximate surface area is 116 Å². The molecule has 6 nitrogen and oxygen atoms in total. The number of aliphatic hydroxyl groups excluding tert-OH is 1. The minimum atomic E-state index is -0.497. The molecule has 0 bridgehead atoms. The van der Waals surface area contributed by atoms with Gasteiger partial charge in [0.05, 0.1) is 5.56 Å². The first-order valence-electron chi connectivity index (χ1n) is 6.27. The van der Waals surface area contributed by atoms with E-state index in [4.69, 9.17) is 5.11 Å². The molecular formula is C14H15N3O3. The third-order valence-electron chi connectivity index (χ3n) is 3.06. The molecule has 1 aromatic rings. The lowest BCUT2D eigenvalue weighted by Gasteiger charge is -2.32. The minimum Gasteiger partial charge on any atom is -0.384 e. The fourth-order valence-corrected chi connectivity index (χ4v) is 1.99. The number of rotatable bonds is 1. The smallest absolute Gasteiger partial charge is 0.256 e. The molecule has 20 heavy (non-hydrogen) atoms. The molecule has 1 aliphatic rings. The van der Waals surface area contributed by atoms with Crippen LogP contribution in [0, 0.1) is 11.8 Å². The predicted octanol–water partition coefficient (Wildman–Crippen LogP) is -0.614. The van der Waals surface area contributed by atoms with Gasteiger partial charge < -0.3 is 15.3 Å². The lowest BCUT2D eigenvalue weighted by atomic mass is 10.1. The molecule has 1 saturated heterocycles. The van der Waals surface area contributed by atoms with Crippen LogP contribution in [0.2, 0.25) is 0 Å². The van der Waals surface area contributed by atoms with Crippen LogP contribution in [0.25, 0.3) is 0 Å². The summed E-state index contributed by atoms with van der Waals surface area (Å²) in [7, 11) is 0. The van der Waals surface area contributed by atoms with Gasteiger partial charge in [-0.15, -0.1) is 0 Å². The first kappa shape index (κ1) is 14.0. The predicted molar refractivity (Wildman–Crippen MR) is 71.7 cm³/mol. The van der Waals surface area contributed by atoms with E-state index in [1.54, 1.807) is 13.0 Å². The van der Waals surface area contributed by atoms with Crippen LogP contribution in [0.3, 0.4) is 0 Å². The highest BCUT2D eigenvalue weighted by atomic mass is 16.2. The second-order valence-electron chi connectivity index (χ2n) is 4.39. The number of hydrogen-bond acceptors (Lipinski definition) is 4. The number of pyridine rings is 1. The van der Waals surface area contributed by atoms with Gasteiger partial charge in [0.1, 0.15) is 12.6 Å². The zero-order valence-electron chi connectivity index (χ0n) is 11.1. The molecule has 6 heteroatoms. The average molecular weight is 273 g/mol. The van der Waals surface area contributed by atoms with E-state index in [0.717, 1.165) is 0 Å². The van der Waals surface area contributed by atoms with Crippen molar-refractivity contribution in [3.63, 3.8) is 0 Å². The van der Waals surface area contributed by atoms with E-state index in [-0.39, 0.29) is 18.4 Å². The number of nitrogens with zero attached hydrogens (tertiary/aromatic N) is 2. The zero-order chi connectivity index (χ0) is 14.5. The van der Waals surface area contributed by atoms with Crippen LogP contribution in [-0.2, 0) is 4.79 Å². The van der Waals surface area contributed by atoms with Crippen molar-refractivity contribution in [1.29, 1.82) is 0 Å². The summed E-state index contributed by atoms with van der Waals surface area (Å²) in [6.07, 6.45) is 2.97. The van der Waals surface area contributed by atoms with Gasteiger partial charge in [-0.3, -0.25) is 14.6 Å². The Hall–Kier alpha value is -2.39. The van der Waals surface area contributed by atoms with Crippen molar-refractivity contribution < 1.29 is 14.7 Å². The number of piperazine rings is 1. The lowest BCUT2D eigenvalue weighted by Crippen LogP contribution is -2.55. The van der Waals surface area contributed by atoms with E-state index >= 15 is 0 Å². The van der Waals surface area contributed by atoms with E-state index in [1.807, 2.05) is 0 Å². The van der Waals surface area contributed by atoms with Crippen molar-refractivity contribution in [2.45, 2.75) is 13.0 Å². The van der Waals surface area contributed by atoms with Gasteiger partial charge in [0, 0.05) is 31.0 Å². The van der Waals surface area contributed by atoms with Gasteiger partial charge in [-0.2, -0.15) is 0 Å². The highest BCUT2D eigenvalue weighted by Gasteiger charge is 2.29. The quantitative estimate of drug-likeness (QED) is 0.668. The Bertz CT molecular complexity index is 589. The van der Waals surface area contributed by atoms with Crippen molar-refractivity contribution in [3.8, 4) is 11.8 Å². The van der Waals surface area contributed by atoms with Crippen LogP contribution in [0.1, 0.15) is 22.8 Å². The summed E-state index contributed by atoms with van der Waals surface area (Å²) in [5.41, 5.74) is 0.940. The Morgan fingerprint density at radius 3 is 3.15 bits per heavy atom. The van der Waals surface area contributed by atoms with Gasteiger partial charge >= 0.3 is 0 Å². The molecule has 1 fully saturated rings. The number of amides is 2. The third-order valence-corrected chi connectivity index (χ3v) is 3.06. The monoisotopic (exact) mass is 273 g/mol. The summed E-state index contributed by atoms with van der Waals surface area (Å²) >= 11 is 0. The second-order valence-corrected chi connectivity index (χ2v) is 4.39. The van der Waals surface area contributed by atoms with E-state index in [9.17, 15) is 9.59 Å². The summed E-state index contributed by atoms with van der Waals surface area (Å²) < 4.78 is 0. The number of hydrogen-bond donors (Lipinski definition) is 2. The largest absolute Gasteiger partial charge is 0.384 e. The SMILES string of the molecule is CC1C(=O)NCCN1C(=O)c1cncc(C#CCO)c1. The summed E-state index contributed by atoms with van der Waals surface area (Å²) in [5, 5.41) is 11.4. The number of carbonyl (C=O) groups is 2. The molecule has 0 aliphatic carbocycles. The molecule has 2 N–H and O–H groups in total. The minimum absolute atomic E-state index is 0.159. The van der Waals surface area contributed by atoms with Gasteiger partial charge in [-0.25, -0.2) is 0 Å². The zero-order valence-corrected chi connectivity index (χ0v) is 11.1. The molecular weight excluding hydrogens is 258 g/mol. The Balaban J connectivity index is 2.22. The van der Waals surface area contributed by atoms with Crippen LogP contribution >= 0.6 is 0 Å². The first-order valence-corrected chi connectivity index (χ1v) is 6.27. The molecule has 1 atom stereocenters. The highest BCUT2D eigenvalue weighted by Crippen LogP contribution is 2.11. The van der Waals surface area contributed by atoms with E-state index in [1.165, 1.54) is 17.3 Å². The topological polar surface area (TPSA) is 82.5 Å². The van der Waals surface area contributed by atoms with Gasteiger partial charge in [-0.1, -0.05) is 11.8 Å². The molecule has 0 aromatic carbocycles. The van der Waals surface area contributed by atoms with Crippen LogP contribution in [-0.4, -0.2) is 52.5 Å². The van der Waals surface area contributed by atoms with Gasteiger partial charge in [0.25, 0.3) is 5.91 Å². The van der Waals surface area contributed by atoms with E-state index in [2.05, 4.69) is 22.1 Å². The van der Waals surface area contributed by atoms with Crippen LogP contribution in [0.15, 0.2) is 18.5 Å². The van der Waals surface area contributed by atoms with Crippen molar-refractivity contribution in [1.82, 2.24) is 15.2 Å². The number of carbonyl (C=O) groups excluding carboxylic acids is 2. The summed E-state index contributed by atoms with van der Waals surface area (Å²) in [5.74, 6) is 4.80. The van der Waals surface area contributed by atoms with Crippen molar-refractivity contribution in [2.24, 2.45) is 0 Å². The van der Waals surface area contributed by atoms with Crippen molar-refractivity contribution >= 4 is 11.8 Å².